The van der Waals surface area contributed by atoms with Crippen molar-refractivity contribution in [1.82, 2.24) is 5.32 Å². The monoisotopic (exact) mass is 342 g/mol. The number of hydrogen-bond donors (Lipinski definition) is 2. The van der Waals surface area contributed by atoms with Gasteiger partial charge in [0.1, 0.15) is 5.82 Å². The summed E-state index contributed by atoms with van der Waals surface area (Å²) < 4.78 is 13.7. The standard InChI is InChI=1S/C15H20BrFN2O/c1-2-9-5-3-4-6-14(9)19-15(20)10-7-13(18)12(17)8-11(10)16/h7-9,14H,2-6,18H2,1H3,(H,19,20). The van der Waals surface area contributed by atoms with Crippen LogP contribution in [0, 0.1) is 11.7 Å². The van der Waals surface area contributed by atoms with Crippen molar-refractivity contribution in [3.8, 4) is 0 Å². The molecule has 1 aromatic carbocycles. The third kappa shape index (κ3) is 3.32. The van der Waals surface area contributed by atoms with Gasteiger partial charge < -0.3 is 11.1 Å². The third-order valence-corrected chi connectivity index (χ3v) is 4.74. The van der Waals surface area contributed by atoms with E-state index in [-0.39, 0.29) is 17.6 Å². The molecule has 1 amide bonds. The summed E-state index contributed by atoms with van der Waals surface area (Å²) in [4.78, 5) is 12.3. The minimum atomic E-state index is -0.516. The molecule has 3 N–H and O–H groups in total. The molecule has 0 spiro atoms. The molecule has 0 bridgehead atoms. The molecule has 0 heterocycles. The largest absolute Gasteiger partial charge is 0.396 e. The molecule has 3 nitrogen and oxygen atoms in total. The second-order valence-electron chi connectivity index (χ2n) is 5.39. The summed E-state index contributed by atoms with van der Waals surface area (Å²) in [6.07, 6.45) is 5.62. The van der Waals surface area contributed by atoms with Crippen molar-refractivity contribution in [1.29, 1.82) is 0 Å². The van der Waals surface area contributed by atoms with Crippen LogP contribution in [0.2, 0.25) is 0 Å². The molecule has 1 aliphatic rings. The predicted molar refractivity (Wildman–Crippen MR) is 82.0 cm³/mol. The summed E-state index contributed by atoms with van der Waals surface area (Å²) in [6.45, 7) is 2.15. The fourth-order valence-electron chi connectivity index (χ4n) is 2.87. The Morgan fingerprint density at radius 3 is 2.85 bits per heavy atom. The van der Waals surface area contributed by atoms with E-state index in [0.29, 0.717) is 16.0 Å². The number of benzene rings is 1. The highest BCUT2D eigenvalue weighted by Gasteiger charge is 2.26. The van der Waals surface area contributed by atoms with Crippen LogP contribution in [-0.4, -0.2) is 11.9 Å². The number of anilines is 1. The molecule has 0 aliphatic heterocycles. The molecule has 2 rings (SSSR count). The molecule has 2 unspecified atom stereocenters. The van der Waals surface area contributed by atoms with Crippen molar-refractivity contribution in [3.05, 3.63) is 28.0 Å². The van der Waals surface area contributed by atoms with Gasteiger partial charge in [0.05, 0.1) is 11.3 Å². The van der Waals surface area contributed by atoms with Gasteiger partial charge in [-0.2, -0.15) is 0 Å². The van der Waals surface area contributed by atoms with Crippen LogP contribution >= 0.6 is 15.9 Å². The molecule has 1 aliphatic carbocycles. The number of carbonyl (C=O) groups excluding carboxylic acids is 1. The van der Waals surface area contributed by atoms with Gasteiger partial charge in [0.15, 0.2) is 0 Å². The fourth-order valence-corrected chi connectivity index (χ4v) is 3.37. The van der Waals surface area contributed by atoms with E-state index >= 15 is 0 Å². The SMILES string of the molecule is CCC1CCCCC1NC(=O)c1cc(N)c(F)cc1Br. The molecule has 1 saturated carbocycles. The molecule has 20 heavy (non-hydrogen) atoms. The molecule has 0 saturated heterocycles. The van der Waals surface area contributed by atoms with Crippen LogP contribution in [-0.2, 0) is 0 Å². The van der Waals surface area contributed by atoms with Gasteiger partial charge >= 0.3 is 0 Å². The summed E-state index contributed by atoms with van der Waals surface area (Å²) in [6, 6.07) is 2.83. The molecular formula is C15H20BrFN2O. The summed E-state index contributed by atoms with van der Waals surface area (Å²) in [5, 5.41) is 3.08. The van der Waals surface area contributed by atoms with Gasteiger partial charge in [-0.05, 0) is 46.8 Å². The number of halogens is 2. The lowest BCUT2D eigenvalue weighted by Crippen LogP contribution is -2.42. The van der Waals surface area contributed by atoms with Crippen molar-refractivity contribution in [2.24, 2.45) is 5.92 Å². The maximum atomic E-state index is 13.3. The second kappa shape index (κ2) is 6.57. The molecule has 5 heteroatoms. The molecule has 1 fully saturated rings. The van der Waals surface area contributed by atoms with Crippen LogP contribution in [0.25, 0.3) is 0 Å². The second-order valence-corrected chi connectivity index (χ2v) is 6.24. The van der Waals surface area contributed by atoms with Crippen LogP contribution in [0.4, 0.5) is 10.1 Å². The minimum absolute atomic E-state index is 0.00552. The Morgan fingerprint density at radius 2 is 2.15 bits per heavy atom. The number of carbonyl (C=O) groups is 1. The third-order valence-electron chi connectivity index (χ3n) is 4.08. The van der Waals surface area contributed by atoms with Gasteiger partial charge in [-0.25, -0.2) is 4.39 Å². The molecule has 0 aromatic heterocycles. The van der Waals surface area contributed by atoms with Crippen LogP contribution in [0.15, 0.2) is 16.6 Å². The van der Waals surface area contributed by atoms with E-state index in [4.69, 9.17) is 5.73 Å². The number of nitrogens with one attached hydrogen (secondary N) is 1. The van der Waals surface area contributed by atoms with E-state index in [1.807, 2.05) is 0 Å². The lowest BCUT2D eigenvalue weighted by molar-refractivity contribution is 0.0904. The first-order chi connectivity index (χ1) is 9.52. The maximum Gasteiger partial charge on any atom is 0.252 e. The first kappa shape index (κ1) is 15.3. The van der Waals surface area contributed by atoms with E-state index < -0.39 is 5.82 Å². The van der Waals surface area contributed by atoms with E-state index in [1.54, 1.807) is 0 Å². The fraction of sp³-hybridized carbons (Fsp3) is 0.533. The Hall–Kier alpha value is -1.10. The lowest BCUT2D eigenvalue weighted by Gasteiger charge is -2.31. The Bertz CT molecular complexity index is 507. The highest BCUT2D eigenvalue weighted by atomic mass is 79.9. The van der Waals surface area contributed by atoms with Crippen molar-refractivity contribution < 1.29 is 9.18 Å². The molecular weight excluding hydrogens is 323 g/mol. The normalized spacial score (nSPS) is 22.6. The van der Waals surface area contributed by atoms with Crippen molar-refractivity contribution in [2.45, 2.75) is 45.1 Å². The average molecular weight is 343 g/mol. The summed E-state index contributed by atoms with van der Waals surface area (Å²) in [5.41, 5.74) is 5.93. The van der Waals surface area contributed by atoms with Gasteiger partial charge in [-0.1, -0.05) is 26.2 Å². The summed E-state index contributed by atoms with van der Waals surface area (Å²) in [7, 11) is 0. The van der Waals surface area contributed by atoms with E-state index in [0.717, 1.165) is 25.7 Å². The zero-order valence-electron chi connectivity index (χ0n) is 11.6. The summed E-state index contributed by atoms with van der Waals surface area (Å²) >= 11 is 3.22. The van der Waals surface area contributed by atoms with Gasteiger partial charge in [-0.3, -0.25) is 4.79 Å². The smallest absolute Gasteiger partial charge is 0.252 e. The zero-order valence-corrected chi connectivity index (χ0v) is 13.2. The first-order valence-corrected chi connectivity index (χ1v) is 7.87. The number of rotatable bonds is 3. The van der Waals surface area contributed by atoms with E-state index in [9.17, 15) is 9.18 Å². The van der Waals surface area contributed by atoms with E-state index in [2.05, 4.69) is 28.2 Å². The number of hydrogen-bond acceptors (Lipinski definition) is 2. The number of amides is 1. The Kier molecular flexibility index (Phi) is 5.02. The van der Waals surface area contributed by atoms with Gasteiger partial charge in [0.2, 0.25) is 0 Å². The van der Waals surface area contributed by atoms with Crippen LogP contribution < -0.4 is 11.1 Å². The van der Waals surface area contributed by atoms with Crippen LogP contribution in [0.1, 0.15) is 49.4 Å². The average Bonchev–Trinajstić information content (AvgIpc) is 2.43. The Balaban J connectivity index is 2.13. The number of nitrogen functional groups attached to an aromatic ring is 1. The minimum Gasteiger partial charge on any atom is -0.396 e. The van der Waals surface area contributed by atoms with E-state index in [1.165, 1.54) is 18.6 Å². The quantitative estimate of drug-likeness (QED) is 0.819. The van der Waals surface area contributed by atoms with Crippen LogP contribution in [0.5, 0.6) is 0 Å². The van der Waals surface area contributed by atoms with Crippen molar-refractivity contribution >= 4 is 27.5 Å². The lowest BCUT2D eigenvalue weighted by atomic mass is 9.83. The topological polar surface area (TPSA) is 55.1 Å². The van der Waals surface area contributed by atoms with Gasteiger partial charge in [0, 0.05) is 10.5 Å². The Morgan fingerprint density at radius 1 is 1.45 bits per heavy atom. The predicted octanol–water partition coefficient (Wildman–Crippen LogP) is 3.87. The maximum absolute atomic E-state index is 13.3. The summed E-state index contributed by atoms with van der Waals surface area (Å²) in [5.74, 6) is -0.171. The highest BCUT2D eigenvalue weighted by molar-refractivity contribution is 9.10. The Labute approximate surface area is 127 Å². The first-order valence-electron chi connectivity index (χ1n) is 7.08. The molecule has 1 aromatic rings. The van der Waals surface area contributed by atoms with Crippen molar-refractivity contribution in [2.75, 3.05) is 5.73 Å². The van der Waals surface area contributed by atoms with Gasteiger partial charge in [0.25, 0.3) is 5.91 Å². The zero-order chi connectivity index (χ0) is 14.7. The molecule has 110 valence electrons. The highest BCUT2D eigenvalue weighted by Crippen LogP contribution is 2.28. The number of nitrogens with two attached hydrogens (primary N) is 1. The molecule has 0 radical (unpaired) electrons. The molecule has 2 atom stereocenters. The van der Waals surface area contributed by atoms with Crippen molar-refractivity contribution in [3.63, 3.8) is 0 Å². The van der Waals surface area contributed by atoms with Crippen LogP contribution in [0.3, 0.4) is 0 Å². The van der Waals surface area contributed by atoms with Gasteiger partial charge in [-0.15, -0.1) is 0 Å².